The van der Waals surface area contributed by atoms with Gasteiger partial charge in [-0.05, 0) is 30.7 Å². The smallest absolute Gasteiger partial charge is 0.224 e. The largest absolute Gasteiger partial charge is 0.336 e. The highest BCUT2D eigenvalue weighted by atomic mass is 32.2. The molecule has 2 aromatic rings. The minimum atomic E-state index is -3.37. The highest BCUT2D eigenvalue weighted by Crippen LogP contribution is 2.46. The van der Waals surface area contributed by atoms with Crippen molar-refractivity contribution in [1.29, 1.82) is 0 Å². The molecule has 1 spiro atoms. The van der Waals surface area contributed by atoms with E-state index in [0.717, 1.165) is 36.1 Å². The van der Waals surface area contributed by atoms with Crippen molar-refractivity contribution in [3.05, 3.63) is 52.5 Å². The van der Waals surface area contributed by atoms with E-state index in [-0.39, 0.29) is 30.5 Å². The fraction of sp³-hybridized carbons (Fsp3) is 0.524. The lowest BCUT2D eigenvalue weighted by Gasteiger charge is -2.42. The van der Waals surface area contributed by atoms with E-state index in [0.29, 0.717) is 13.0 Å². The molecule has 0 bridgehead atoms. The highest BCUT2D eigenvalue weighted by molar-refractivity contribution is 7.92. The first-order chi connectivity index (χ1) is 13.5. The number of sulfone groups is 1. The van der Waals surface area contributed by atoms with Crippen LogP contribution in [0.5, 0.6) is 0 Å². The molecule has 1 aliphatic carbocycles. The van der Waals surface area contributed by atoms with Crippen molar-refractivity contribution in [2.24, 2.45) is 5.92 Å². The Morgan fingerprint density at radius 3 is 2.79 bits per heavy atom. The van der Waals surface area contributed by atoms with Gasteiger partial charge in [0.25, 0.3) is 0 Å². The first-order valence-electron chi connectivity index (χ1n) is 9.91. The molecule has 28 heavy (non-hydrogen) atoms. The van der Waals surface area contributed by atoms with Gasteiger partial charge in [0.15, 0.2) is 9.84 Å². The number of benzene rings is 1. The lowest BCUT2D eigenvalue weighted by atomic mass is 9.73. The summed E-state index contributed by atoms with van der Waals surface area (Å²) in [7, 11) is -3.37. The standard InChI is InChI=1S/C21H26N2O3S2/c24-20-13-21(9-5-4-8-18(21)12-17-6-2-1-3-7-17)28(25,26)11-10-23(20)15-19-14-22-16-27-19/h1-3,6-7,14,16,18H,4-5,8-13,15H2. The van der Waals surface area contributed by atoms with E-state index in [2.05, 4.69) is 17.1 Å². The van der Waals surface area contributed by atoms with Crippen LogP contribution >= 0.6 is 11.3 Å². The number of carbonyl (C=O) groups excluding carboxylic acids is 1. The first kappa shape index (κ1) is 19.6. The highest BCUT2D eigenvalue weighted by Gasteiger charge is 2.53. The lowest BCUT2D eigenvalue weighted by Crippen LogP contribution is -2.50. The third-order valence-electron chi connectivity index (χ3n) is 6.35. The van der Waals surface area contributed by atoms with Crippen molar-refractivity contribution in [3.8, 4) is 0 Å². The molecular weight excluding hydrogens is 392 g/mol. The van der Waals surface area contributed by atoms with Crippen molar-refractivity contribution in [2.75, 3.05) is 12.3 Å². The number of nitrogens with zero attached hydrogens (tertiary/aromatic N) is 2. The van der Waals surface area contributed by atoms with E-state index in [1.54, 1.807) is 16.6 Å². The summed E-state index contributed by atoms with van der Waals surface area (Å²) >= 11 is 1.50. The summed E-state index contributed by atoms with van der Waals surface area (Å²) in [5.41, 5.74) is 2.90. The van der Waals surface area contributed by atoms with E-state index >= 15 is 0 Å². The SMILES string of the molecule is O=C1CC2(CCCCC2Cc2ccccc2)S(=O)(=O)CCN1Cc1cncs1. The van der Waals surface area contributed by atoms with Gasteiger partial charge in [-0.25, -0.2) is 8.42 Å². The Morgan fingerprint density at radius 1 is 1.21 bits per heavy atom. The normalized spacial score (nSPS) is 27.6. The van der Waals surface area contributed by atoms with Crippen LogP contribution in [0.15, 0.2) is 42.0 Å². The van der Waals surface area contributed by atoms with E-state index in [4.69, 9.17) is 0 Å². The van der Waals surface area contributed by atoms with Crippen LogP contribution in [0.1, 0.15) is 42.5 Å². The summed E-state index contributed by atoms with van der Waals surface area (Å²) in [6.45, 7) is 0.733. The van der Waals surface area contributed by atoms with Gasteiger partial charge >= 0.3 is 0 Å². The van der Waals surface area contributed by atoms with Crippen LogP contribution in [0, 0.1) is 5.92 Å². The molecule has 150 valence electrons. The fourth-order valence-corrected chi connectivity index (χ4v) is 7.81. The van der Waals surface area contributed by atoms with Gasteiger partial charge in [-0.2, -0.15) is 0 Å². The van der Waals surface area contributed by atoms with Gasteiger partial charge in [-0.3, -0.25) is 9.78 Å². The average Bonchev–Trinajstić information content (AvgIpc) is 3.17. The Morgan fingerprint density at radius 2 is 2.04 bits per heavy atom. The molecule has 1 aromatic carbocycles. The Balaban J connectivity index is 1.63. The second kappa shape index (κ2) is 7.95. The summed E-state index contributed by atoms with van der Waals surface area (Å²) in [6.07, 6.45) is 5.99. The number of thiazole rings is 1. The molecular formula is C21H26N2O3S2. The van der Waals surface area contributed by atoms with Gasteiger partial charge in [0.2, 0.25) is 5.91 Å². The molecule has 0 radical (unpaired) electrons. The van der Waals surface area contributed by atoms with E-state index < -0.39 is 14.6 Å². The quantitative estimate of drug-likeness (QED) is 0.763. The van der Waals surface area contributed by atoms with Crippen molar-refractivity contribution < 1.29 is 13.2 Å². The van der Waals surface area contributed by atoms with Crippen LogP contribution < -0.4 is 0 Å². The molecule has 2 unspecified atom stereocenters. The van der Waals surface area contributed by atoms with Crippen LogP contribution in [0.25, 0.3) is 0 Å². The molecule has 4 rings (SSSR count). The second-order valence-electron chi connectivity index (χ2n) is 7.98. The van der Waals surface area contributed by atoms with Crippen molar-refractivity contribution in [1.82, 2.24) is 9.88 Å². The predicted octanol–water partition coefficient (Wildman–Crippen LogP) is 3.46. The van der Waals surface area contributed by atoms with Crippen molar-refractivity contribution >= 4 is 27.1 Å². The van der Waals surface area contributed by atoms with Gasteiger partial charge in [0, 0.05) is 24.0 Å². The van der Waals surface area contributed by atoms with Gasteiger partial charge in [0.1, 0.15) is 0 Å². The number of rotatable bonds is 4. The summed E-state index contributed by atoms with van der Waals surface area (Å²) in [6, 6.07) is 10.1. The molecule has 1 saturated heterocycles. The Kier molecular flexibility index (Phi) is 5.56. The third kappa shape index (κ3) is 3.74. The molecule has 2 aliphatic rings. The summed E-state index contributed by atoms with van der Waals surface area (Å²) in [5.74, 6) is 0.0263. The number of amides is 1. The number of aromatic nitrogens is 1. The minimum Gasteiger partial charge on any atom is -0.336 e. The van der Waals surface area contributed by atoms with Crippen molar-refractivity contribution in [3.63, 3.8) is 0 Å². The zero-order valence-corrected chi connectivity index (χ0v) is 17.6. The third-order valence-corrected chi connectivity index (χ3v) is 9.76. The number of carbonyl (C=O) groups is 1. The Labute approximate surface area is 170 Å². The maximum atomic E-state index is 13.5. The Bertz CT molecular complexity index is 912. The minimum absolute atomic E-state index is 0.000884. The van der Waals surface area contributed by atoms with Crippen LogP contribution in [-0.2, 0) is 27.6 Å². The predicted molar refractivity (Wildman–Crippen MR) is 111 cm³/mol. The van der Waals surface area contributed by atoms with Crippen molar-refractivity contribution in [2.45, 2.75) is 49.8 Å². The maximum Gasteiger partial charge on any atom is 0.224 e. The van der Waals surface area contributed by atoms with E-state index in [1.165, 1.54) is 11.3 Å². The van der Waals surface area contributed by atoms with Crippen LogP contribution in [0.3, 0.4) is 0 Å². The Hall–Kier alpha value is -1.73. The van der Waals surface area contributed by atoms with Gasteiger partial charge in [-0.1, -0.05) is 43.2 Å². The monoisotopic (exact) mass is 418 g/mol. The lowest BCUT2D eigenvalue weighted by molar-refractivity contribution is -0.132. The zero-order valence-electron chi connectivity index (χ0n) is 15.9. The van der Waals surface area contributed by atoms with Gasteiger partial charge < -0.3 is 4.90 Å². The molecule has 5 nitrogen and oxygen atoms in total. The molecule has 0 N–H and O–H groups in total. The summed E-state index contributed by atoms with van der Waals surface area (Å²) in [4.78, 5) is 19.9. The van der Waals surface area contributed by atoms with E-state index in [1.807, 2.05) is 18.2 Å². The summed E-state index contributed by atoms with van der Waals surface area (Å²) < 4.78 is 26.1. The second-order valence-corrected chi connectivity index (χ2v) is 11.4. The molecule has 2 heterocycles. The van der Waals surface area contributed by atoms with Gasteiger partial charge in [0.05, 0.1) is 22.6 Å². The average molecular weight is 419 g/mol. The molecule has 7 heteroatoms. The fourth-order valence-electron chi connectivity index (χ4n) is 4.82. The molecule has 1 aliphatic heterocycles. The molecule has 1 aromatic heterocycles. The van der Waals surface area contributed by atoms with Crippen LogP contribution in [-0.4, -0.2) is 41.3 Å². The topological polar surface area (TPSA) is 67.3 Å². The maximum absolute atomic E-state index is 13.5. The molecule has 2 fully saturated rings. The molecule has 1 saturated carbocycles. The number of hydrogen-bond donors (Lipinski definition) is 0. The van der Waals surface area contributed by atoms with Gasteiger partial charge in [-0.15, -0.1) is 11.3 Å². The molecule has 1 amide bonds. The summed E-state index contributed by atoms with van der Waals surface area (Å²) in [5, 5.41) is 0. The first-order valence-corrected chi connectivity index (χ1v) is 12.4. The van der Waals surface area contributed by atoms with E-state index in [9.17, 15) is 13.2 Å². The van der Waals surface area contributed by atoms with Crippen LogP contribution in [0.4, 0.5) is 0 Å². The number of hydrogen-bond acceptors (Lipinski definition) is 5. The molecule has 2 atom stereocenters. The zero-order chi connectivity index (χ0) is 19.6. The van der Waals surface area contributed by atoms with Crippen LogP contribution in [0.2, 0.25) is 0 Å².